The molecule has 58 valence electrons. The lowest BCUT2D eigenvalue weighted by Crippen LogP contribution is -2.12. The van der Waals surface area contributed by atoms with Crippen molar-refractivity contribution >= 4 is 12.0 Å². The van der Waals surface area contributed by atoms with Crippen molar-refractivity contribution in [3.63, 3.8) is 0 Å². The molecule has 0 aromatic carbocycles. The second-order valence-electron chi connectivity index (χ2n) is 2.46. The molecule has 1 rings (SSSR count). The van der Waals surface area contributed by atoms with Gasteiger partial charge in [0.05, 0.1) is 0 Å². The van der Waals surface area contributed by atoms with Gasteiger partial charge in [0.2, 0.25) is 0 Å². The van der Waals surface area contributed by atoms with Crippen molar-refractivity contribution in [1.82, 2.24) is 4.98 Å². The number of nitrogens with zero attached hydrogens (tertiary/aromatic N) is 2. The van der Waals surface area contributed by atoms with Gasteiger partial charge in [-0.05, 0) is 12.1 Å². The summed E-state index contributed by atoms with van der Waals surface area (Å²) in [5.41, 5.74) is 0.845. The standard InChI is InChI=1S/C8H11N3/c1-11(2)8-7(6-9)4-3-5-10-8/h3-6,9H,1-2H3. The molecule has 1 N–H and O–H groups in total. The van der Waals surface area contributed by atoms with E-state index >= 15 is 0 Å². The van der Waals surface area contributed by atoms with Crippen molar-refractivity contribution in [3.05, 3.63) is 23.9 Å². The quantitative estimate of drug-likeness (QED) is 0.640. The summed E-state index contributed by atoms with van der Waals surface area (Å²) in [6, 6.07) is 3.70. The highest BCUT2D eigenvalue weighted by atomic mass is 15.1. The van der Waals surface area contributed by atoms with Crippen LogP contribution in [-0.2, 0) is 0 Å². The molecule has 0 aliphatic rings. The predicted octanol–water partition coefficient (Wildman–Crippen LogP) is 1.15. The van der Waals surface area contributed by atoms with Crippen LogP contribution >= 0.6 is 0 Å². The monoisotopic (exact) mass is 149 g/mol. The molecule has 0 fully saturated rings. The smallest absolute Gasteiger partial charge is 0.136 e. The third-order valence-corrected chi connectivity index (χ3v) is 1.40. The average molecular weight is 149 g/mol. The van der Waals surface area contributed by atoms with Crippen LogP contribution in [0.25, 0.3) is 0 Å². The molecular formula is C8H11N3. The number of hydrogen-bond acceptors (Lipinski definition) is 3. The van der Waals surface area contributed by atoms with Gasteiger partial charge >= 0.3 is 0 Å². The molecule has 0 atom stereocenters. The van der Waals surface area contributed by atoms with Gasteiger partial charge in [-0.1, -0.05) is 0 Å². The van der Waals surface area contributed by atoms with Gasteiger partial charge in [0.1, 0.15) is 5.82 Å². The van der Waals surface area contributed by atoms with Crippen molar-refractivity contribution < 1.29 is 0 Å². The van der Waals surface area contributed by atoms with E-state index in [0.29, 0.717) is 0 Å². The van der Waals surface area contributed by atoms with E-state index < -0.39 is 0 Å². The highest BCUT2D eigenvalue weighted by Gasteiger charge is 2.00. The van der Waals surface area contributed by atoms with Crippen LogP contribution in [0.5, 0.6) is 0 Å². The van der Waals surface area contributed by atoms with Crippen LogP contribution < -0.4 is 4.90 Å². The normalized spacial score (nSPS) is 9.27. The second-order valence-corrected chi connectivity index (χ2v) is 2.46. The van der Waals surface area contributed by atoms with Crippen molar-refractivity contribution in [3.8, 4) is 0 Å². The maximum Gasteiger partial charge on any atom is 0.136 e. The molecular weight excluding hydrogens is 138 g/mol. The maximum atomic E-state index is 7.09. The SMILES string of the molecule is CN(C)c1ncccc1C=N. The summed E-state index contributed by atoms with van der Waals surface area (Å²) in [6.07, 6.45) is 3.03. The summed E-state index contributed by atoms with van der Waals surface area (Å²) in [4.78, 5) is 6.01. The third-order valence-electron chi connectivity index (χ3n) is 1.40. The van der Waals surface area contributed by atoms with Gasteiger partial charge in [-0.15, -0.1) is 0 Å². The number of anilines is 1. The first kappa shape index (κ1) is 7.72. The molecule has 3 nitrogen and oxygen atoms in total. The molecule has 1 aromatic heterocycles. The molecule has 3 heteroatoms. The number of pyridine rings is 1. The lowest BCUT2D eigenvalue weighted by molar-refractivity contribution is 1.06. The molecule has 0 aliphatic heterocycles. The number of rotatable bonds is 2. The van der Waals surface area contributed by atoms with Crippen LogP contribution in [0.4, 0.5) is 5.82 Å². The van der Waals surface area contributed by atoms with Crippen molar-refractivity contribution in [2.45, 2.75) is 0 Å². The molecule has 1 heterocycles. The predicted molar refractivity (Wildman–Crippen MR) is 46.4 cm³/mol. The molecule has 0 unspecified atom stereocenters. The Morgan fingerprint density at radius 3 is 2.73 bits per heavy atom. The Morgan fingerprint density at radius 2 is 2.27 bits per heavy atom. The highest BCUT2D eigenvalue weighted by molar-refractivity contribution is 5.84. The Bertz CT molecular complexity index is 255. The summed E-state index contributed by atoms with van der Waals surface area (Å²) in [6.45, 7) is 0. The summed E-state index contributed by atoms with van der Waals surface area (Å²) in [7, 11) is 3.82. The number of hydrogen-bond donors (Lipinski definition) is 1. The summed E-state index contributed by atoms with van der Waals surface area (Å²) < 4.78 is 0. The second kappa shape index (κ2) is 3.14. The largest absolute Gasteiger partial charge is 0.362 e. The molecule has 11 heavy (non-hydrogen) atoms. The van der Waals surface area contributed by atoms with Gasteiger partial charge in [0.15, 0.2) is 0 Å². The van der Waals surface area contributed by atoms with Gasteiger partial charge in [-0.2, -0.15) is 0 Å². The van der Waals surface area contributed by atoms with Crippen LogP contribution in [0.15, 0.2) is 18.3 Å². The molecule has 0 saturated carbocycles. The fourth-order valence-corrected chi connectivity index (χ4v) is 0.896. The Labute approximate surface area is 66.2 Å². The van der Waals surface area contributed by atoms with E-state index in [9.17, 15) is 0 Å². The number of nitrogens with one attached hydrogen (secondary N) is 1. The molecule has 0 spiro atoms. The van der Waals surface area contributed by atoms with E-state index in [2.05, 4.69) is 4.98 Å². The number of aromatic nitrogens is 1. The fourth-order valence-electron chi connectivity index (χ4n) is 0.896. The Morgan fingerprint density at radius 1 is 1.55 bits per heavy atom. The Balaban J connectivity index is 3.12. The van der Waals surface area contributed by atoms with Crippen molar-refractivity contribution in [2.75, 3.05) is 19.0 Å². The molecule has 0 aliphatic carbocycles. The zero-order valence-electron chi connectivity index (χ0n) is 6.70. The van der Waals surface area contributed by atoms with E-state index in [-0.39, 0.29) is 0 Å². The van der Waals surface area contributed by atoms with E-state index in [0.717, 1.165) is 11.4 Å². The van der Waals surface area contributed by atoms with Crippen LogP contribution in [0.3, 0.4) is 0 Å². The third kappa shape index (κ3) is 1.55. The van der Waals surface area contributed by atoms with Crippen LogP contribution in [0.1, 0.15) is 5.56 Å². The van der Waals surface area contributed by atoms with Gasteiger partial charge in [-0.25, -0.2) is 4.98 Å². The molecule has 0 radical (unpaired) electrons. The Hall–Kier alpha value is -1.38. The topological polar surface area (TPSA) is 40.0 Å². The zero-order chi connectivity index (χ0) is 8.27. The van der Waals surface area contributed by atoms with E-state index in [1.807, 2.05) is 31.1 Å². The van der Waals surface area contributed by atoms with Crippen LogP contribution in [-0.4, -0.2) is 25.3 Å². The van der Waals surface area contributed by atoms with Gasteiger partial charge in [0.25, 0.3) is 0 Å². The molecule has 0 bridgehead atoms. The fraction of sp³-hybridized carbons (Fsp3) is 0.250. The minimum atomic E-state index is 0.836. The zero-order valence-corrected chi connectivity index (χ0v) is 6.70. The van der Waals surface area contributed by atoms with Crippen LogP contribution in [0, 0.1) is 5.41 Å². The van der Waals surface area contributed by atoms with Gasteiger partial charge in [-0.3, -0.25) is 0 Å². The minimum Gasteiger partial charge on any atom is -0.362 e. The average Bonchev–Trinajstić information content (AvgIpc) is 2.04. The summed E-state index contributed by atoms with van der Waals surface area (Å²) in [5, 5.41) is 7.09. The lowest BCUT2D eigenvalue weighted by atomic mass is 10.3. The Kier molecular flexibility index (Phi) is 2.21. The lowest BCUT2D eigenvalue weighted by Gasteiger charge is -2.12. The first-order valence-corrected chi connectivity index (χ1v) is 3.38. The highest BCUT2D eigenvalue weighted by Crippen LogP contribution is 2.10. The maximum absolute atomic E-state index is 7.09. The molecule has 0 amide bonds. The minimum absolute atomic E-state index is 0.836. The first-order chi connectivity index (χ1) is 5.25. The van der Waals surface area contributed by atoms with Crippen molar-refractivity contribution in [2.24, 2.45) is 0 Å². The summed E-state index contributed by atoms with van der Waals surface area (Å²) in [5.74, 6) is 0.836. The van der Waals surface area contributed by atoms with E-state index in [1.54, 1.807) is 6.20 Å². The molecule has 1 aromatic rings. The van der Waals surface area contributed by atoms with E-state index in [1.165, 1.54) is 6.21 Å². The molecule has 0 saturated heterocycles. The first-order valence-electron chi connectivity index (χ1n) is 3.38. The van der Waals surface area contributed by atoms with Gasteiger partial charge in [0, 0.05) is 32.1 Å². The van der Waals surface area contributed by atoms with Crippen molar-refractivity contribution in [1.29, 1.82) is 5.41 Å². The summed E-state index contributed by atoms with van der Waals surface area (Å²) >= 11 is 0. The van der Waals surface area contributed by atoms with Crippen LogP contribution in [0.2, 0.25) is 0 Å². The van der Waals surface area contributed by atoms with Gasteiger partial charge < -0.3 is 10.3 Å². The van der Waals surface area contributed by atoms with E-state index in [4.69, 9.17) is 5.41 Å².